The molecule has 0 aliphatic heterocycles. The minimum atomic E-state index is -4.37. The lowest BCUT2D eigenvalue weighted by Crippen LogP contribution is -2.36. The van der Waals surface area contributed by atoms with Gasteiger partial charge in [0, 0.05) is 25.7 Å². The number of rotatable bonds is 9. The normalized spacial score (nSPS) is 11.6. The summed E-state index contributed by atoms with van der Waals surface area (Å²) in [6, 6.07) is 9.87. The molecule has 170 valence electrons. The third-order valence-corrected chi connectivity index (χ3v) is 4.26. The average molecular weight is 441 g/mol. The van der Waals surface area contributed by atoms with Crippen molar-refractivity contribution in [2.75, 3.05) is 35.0 Å². The second kappa shape index (κ2) is 11.2. The van der Waals surface area contributed by atoms with Gasteiger partial charge in [0.15, 0.2) is 12.6 Å². The predicted molar refractivity (Wildman–Crippen MR) is 111 cm³/mol. The summed E-state index contributed by atoms with van der Waals surface area (Å²) in [5.41, 5.74) is 1.64. The molecule has 7 nitrogen and oxygen atoms in total. The fraction of sp³-hybridized carbons (Fsp3) is 0.381. The van der Waals surface area contributed by atoms with Gasteiger partial charge in [0.05, 0.1) is 33.4 Å². The fourth-order valence-electron chi connectivity index (χ4n) is 2.70. The molecular weight excluding hydrogens is 415 g/mol. The van der Waals surface area contributed by atoms with Crippen LogP contribution in [-0.2, 0) is 13.1 Å². The number of nitrogens with one attached hydrogen (secondary N) is 2. The van der Waals surface area contributed by atoms with Crippen molar-refractivity contribution < 1.29 is 32.1 Å². The molecule has 0 saturated heterocycles. The summed E-state index contributed by atoms with van der Waals surface area (Å²) in [5, 5.41) is 6.32. The number of guanidine groups is 1. The molecule has 0 heterocycles. The van der Waals surface area contributed by atoms with E-state index in [1.54, 1.807) is 52.6 Å². The van der Waals surface area contributed by atoms with Gasteiger partial charge < -0.3 is 29.6 Å². The van der Waals surface area contributed by atoms with Gasteiger partial charge in [-0.3, -0.25) is 4.99 Å². The minimum Gasteiger partial charge on any atom is -0.496 e. The van der Waals surface area contributed by atoms with Crippen LogP contribution < -0.4 is 29.6 Å². The maximum atomic E-state index is 12.2. The van der Waals surface area contributed by atoms with Crippen molar-refractivity contribution in [1.29, 1.82) is 0 Å². The first-order chi connectivity index (χ1) is 14.8. The number of ether oxygens (including phenoxy) is 4. The van der Waals surface area contributed by atoms with Gasteiger partial charge in [-0.1, -0.05) is 12.1 Å². The summed E-state index contributed by atoms with van der Waals surface area (Å²) in [4.78, 5) is 4.18. The zero-order valence-corrected chi connectivity index (χ0v) is 17.8. The Labute approximate surface area is 179 Å². The van der Waals surface area contributed by atoms with Crippen LogP contribution >= 0.6 is 0 Å². The van der Waals surface area contributed by atoms with Gasteiger partial charge in [-0.25, -0.2) is 0 Å². The number of methoxy groups -OCH3 is 3. The Balaban J connectivity index is 1.95. The van der Waals surface area contributed by atoms with E-state index in [1.807, 2.05) is 0 Å². The number of hydrogen-bond donors (Lipinski definition) is 2. The van der Waals surface area contributed by atoms with E-state index in [0.29, 0.717) is 36.3 Å². The molecule has 0 aliphatic rings. The third-order valence-electron chi connectivity index (χ3n) is 4.26. The Bertz CT molecular complexity index is 846. The zero-order valence-electron chi connectivity index (χ0n) is 17.8. The van der Waals surface area contributed by atoms with Crippen molar-refractivity contribution in [2.24, 2.45) is 4.99 Å². The molecule has 2 N–H and O–H groups in total. The van der Waals surface area contributed by atoms with E-state index in [4.69, 9.17) is 18.9 Å². The van der Waals surface area contributed by atoms with Crippen molar-refractivity contribution in [3.8, 4) is 23.0 Å². The van der Waals surface area contributed by atoms with Gasteiger partial charge in [-0.15, -0.1) is 0 Å². The van der Waals surface area contributed by atoms with Crippen LogP contribution in [0.5, 0.6) is 23.0 Å². The summed E-state index contributed by atoms with van der Waals surface area (Å²) >= 11 is 0. The maximum absolute atomic E-state index is 12.2. The molecule has 0 fully saturated rings. The summed E-state index contributed by atoms with van der Waals surface area (Å²) in [7, 11) is 6.32. The van der Waals surface area contributed by atoms with E-state index in [0.717, 1.165) is 11.1 Å². The lowest BCUT2D eigenvalue weighted by Gasteiger charge is -2.17. The fourth-order valence-corrected chi connectivity index (χ4v) is 2.70. The van der Waals surface area contributed by atoms with Gasteiger partial charge >= 0.3 is 6.18 Å². The number of hydrogen-bond acceptors (Lipinski definition) is 5. The molecule has 0 unspecified atom stereocenters. The molecule has 0 saturated carbocycles. The van der Waals surface area contributed by atoms with Crippen LogP contribution in [0.2, 0.25) is 0 Å². The van der Waals surface area contributed by atoms with E-state index in [9.17, 15) is 13.2 Å². The highest BCUT2D eigenvalue weighted by Crippen LogP contribution is 2.33. The van der Waals surface area contributed by atoms with Crippen LogP contribution in [0.1, 0.15) is 11.1 Å². The van der Waals surface area contributed by atoms with Crippen molar-refractivity contribution in [3.05, 3.63) is 47.5 Å². The van der Waals surface area contributed by atoms with Crippen LogP contribution in [0.4, 0.5) is 13.2 Å². The molecule has 0 aromatic heterocycles. The SMILES string of the molecule is CN=C(NCc1ccc(OCC(F)(F)F)cc1)NCc1c(OC)cc(OC)cc1OC. The standard InChI is InChI=1S/C21H26F3N3O4/c1-25-20(26-11-14-5-7-15(8-6-14)31-13-21(22,23)24)27-12-17-18(29-3)9-16(28-2)10-19(17)30-4/h5-10H,11-13H2,1-4H3,(H2,25,26,27). The number of aliphatic imine (C=N–C) groups is 1. The topological polar surface area (TPSA) is 73.3 Å². The van der Waals surface area contributed by atoms with E-state index in [1.165, 1.54) is 12.1 Å². The molecule has 0 spiro atoms. The lowest BCUT2D eigenvalue weighted by atomic mass is 10.1. The largest absolute Gasteiger partial charge is 0.496 e. The summed E-state index contributed by atoms with van der Waals surface area (Å²) in [6.07, 6.45) is -4.37. The smallest absolute Gasteiger partial charge is 0.422 e. The van der Waals surface area contributed by atoms with Crippen LogP contribution in [0, 0.1) is 0 Å². The summed E-state index contributed by atoms with van der Waals surface area (Å²) in [6.45, 7) is -0.532. The number of halogens is 3. The first-order valence-electron chi connectivity index (χ1n) is 9.31. The van der Waals surface area contributed by atoms with Gasteiger partial charge in [0.1, 0.15) is 23.0 Å². The van der Waals surface area contributed by atoms with Gasteiger partial charge in [0.2, 0.25) is 0 Å². The second-order valence-electron chi connectivity index (χ2n) is 6.34. The molecule has 10 heteroatoms. The molecule has 0 amide bonds. The molecular formula is C21H26F3N3O4. The number of benzene rings is 2. The highest BCUT2D eigenvalue weighted by atomic mass is 19.4. The van der Waals surface area contributed by atoms with Gasteiger partial charge in [-0.05, 0) is 17.7 Å². The number of alkyl halides is 3. The van der Waals surface area contributed by atoms with Gasteiger partial charge in [-0.2, -0.15) is 13.2 Å². The first kappa shape index (κ1) is 24.0. The maximum Gasteiger partial charge on any atom is 0.422 e. The minimum absolute atomic E-state index is 0.155. The van der Waals surface area contributed by atoms with Crippen molar-refractivity contribution in [3.63, 3.8) is 0 Å². The molecule has 0 aliphatic carbocycles. The van der Waals surface area contributed by atoms with E-state index in [2.05, 4.69) is 15.6 Å². The number of nitrogens with zero attached hydrogens (tertiary/aromatic N) is 1. The van der Waals surface area contributed by atoms with Crippen molar-refractivity contribution >= 4 is 5.96 Å². The predicted octanol–water partition coefficient (Wildman–Crippen LogP) is 3.52. The Morgan fingerprint density at radius 2 is 1.45 bits per heavy atom. The van der Waals surface area contributed by atoms with E-state index < -0.39 is 12.8 Å². The summed E-state index contributed by atoms with van der Waals surface area (Å²) < 4.78 is 57.5. The van der Waals surface area contributed by atoms with Crippen LogP contribution in [-0.4, -0.2) is 47.1 Å². The van der Waals surface area contributed by atoms with Gasteiger partial charge in [0.25, 0.3) is 0 Å². The third kappa shape index (κ3) is 7.47. The van der Waals surface area contributed by atoms with Crippen LogP contribution in [0.25, 0.3) is 0 Å². The van der Waals surface area contributed by atoms with E-state index >= 15 is 0 Å². The zero-order chi connectivity index (χ0) is 22.9. The van der Waals surface area contributed by atoms with Crippen LogP contribution in [0.15, 0.2) is 41.4 Å². The Kier molecular flexibility index (Phi) is 8.65. The van der Waals surface area contributed by atoms with E-state index in [-0.39, 0.29) is 5.75 Å². The van der Waals surface area contributed by atoms with Crippen molar-refractivity contribution in [1.82, 2.24) is 10.6 Å². The second-order valence-corrected chi connectivity index (χ2v) is 6.34. The highest BCUT2D eigenvalue weighted by molar-refractivity contribution is 5.79. The Morgan fingerprint density at radius 3 is 1.94 bits per heavy atom. The molecule has 2 rings (SSSR count). The lowest BCUT2D eigenvalue weighted by molar-refractivity contribution is -0.153. The Hall–Kier alpha value is -3.30. The molecule has 0 atom stereocenters. The molecule has 31 heavy (non-hydrogen) atoms. The monoisotopic (exact) mass is 441 g/mol. The molecule has 0 bridgehead atoms. The molecule has 2 aromatic carbocycles. The van der Waals surface area contributed by atoms with Crippen LogP contribution in [0.3, 0.4) is 0 Å². The quantitative estimate of drug-likeness (QED) is 0.458. The highest BCUT2D eigenvalue weighted by Gasteiger charge is 2.28. The average Bonchev–Trinajstić information content (AvgIpc) is 2.77. The molecule has 2 aromatic rings. The van der Waals surface area contributed by atoms with Crippen molar-refractivity contribution in [2.45, 2.75) is 19.3 Å². The Morgan fingerprint density at radius 1 is 0.871 bits per heavy atom. The summed E-state index contributed by atoms with van der Waals surface area (Å²) in [5.74, 6) is 2.50. The molecule has 0 radical (unpaired) electrons. The first-order valence-corrected chi connectivity index (χ1v) is 9.31.